The van der Waals surface area contributed by atoms with Crippen molar-refractivity contribution in [3.63, 3.8) is 0 Å². The third-order valence-electron chi connectivity index (χ3n) is 3.18. The molecule has 0 aliphatic rings. The van der Waals surface area contributed by atoms with Gasteiger partial charge in [-0.1, -0.05) is 12.1 Å². The van der Waals surface area contributed by atoms with Gasteiger partial charge in [-0.2, -0.15) is 0 Å². The highest BCUT2D eigenvalue weighted by molar-refractivity contribution is 6.59. The number of ether oxygens (including phenoxy) is 1. The van der Waals surface area contributed by atoms with E-state index in [9.17, 15) is 23.2 Å². The lowest BCUT2D eigenvalue weighted by Crippen LogP contribution is -2.33. The molecule has 0 atom stereocenters. The minimum atomic E-state index is -4.93. The fourth-order valence-corrected chi connectivity index (χ4v) is 2.20. The second-order valence-electron chi connectivity index (χ2n) is 4.78. The van der Waals surface area contributed by atoms with E-state index in [2.05, 4.69) is 14.7 Å². The SMILES string of the molecule is OB(O)c1cc(-c2nc3ccccc3[nH]2)ccc1OC(F)(F)F. The smallest absolute Gasteiger partial charge is 0.423 e. The van der Waals surface area contributed by atoms with Crippen molar-refractivity contribution in [2.24, 2.45) is 0 Å². The predicted molar refractivity (Wildman–Crippen MR) is 78.0 cm³/mol. The van der Waals surface area contributed by atoms with Crippen LogP contribution in [0.2, 0.25) is 0 Å². The van der Waals surface area contributed by atoms with E-state index in [4.69, 9.17) is 0 Å². The van der Waals surface area contributed by atoms with Gasteiger partial charge >= 0.3 is 13.5 Å². The zero-order valence-electron chi connectivity index (χ0n) is 11.5. The number of aromatic amines is 1. The molecule has 3 aromatic rings. The summed E-state index contributed by atoms with van der Waals surface area (Å²) in [6, 6.07) is 10.7. The quantitative estimate of drug-likeness (QED) is 0.643. The fourth-order valence-electron chi connectivity index (χ4n) is 2.20. The van der Waals surface area contributed by atoms with E-state index in [1.807, 2.05) is 6.07 Å². The molecule has 1 heterocycles. The number of hydrogen-bond acceptors (Lipinski definition) is 4. The molecule has 3 rings (SSSR count). The average molecular weight is 322 g/mol. The normalized spacial score (nSPS) is 11.7. The van der Waals surface area contributed by atoms with E-state index < -0.39 is 24.7 Å². The summed E-state index contributed by atoms with van der Waals surface area (Å²) in [6.45, 7) is 0. The number of aromatic nitrogens is 2. The summed E-state index contributed by atoms with van der Waals surface area (Å²) in [5.74, 6) is -0.279. The highest BCUT2D eigenvalue weighted by atomic mass is 19.4. The van der Waals surface area contributed by atoms with E-state index in [1.165, 1.54) is 12.1 Å². The second kappa shape index (κ2) is 5.60. The standard InChI is InChI=1S/C14H10BF3N2O3/c16-14(17,18)23-12-6-5-8(7-9(12)15(21)22)13-19-10-3-1-2-4-11(10)20-13/h1-7,21-22H,(H,19,20). The summed E-state index contributed by atoms with van der Waals surface area (Å²) < 4.78 is 40.8. The topological polar surface area (TPSA) is 78.4 Å². The molecule has 0 saturated carbocycles. The number of para-hydroxylation sites is 2. The van der Waals surface area contributed by atoms with Crippen LogP contribution in [-0.2, 0) is 0 Å². The van der Waals surface area contributed by atoms with E-state index >= 15 is 0 Å². The van der Waals surface area contributed by atoms with Gasteiger partial charge in [0.15, 0.2) is 0 Å². The van der Waals surface area contributed by atoms with Gasteiger partial charge in [-0.3, -0.25) is 0 Å². The van der Waals surface area contributed by atoms with Gasteiger partial charge in [0.25, 0.3) is 0 Å². The Hall–Kier alpha value is -2.52. The van der Waals surface area contributed by atoms with Gasteiger partial charge in [0.05, 0.1) is 11.0 Å². The van der Waals surface area contributed by atoms with Gasteiger partial charge in [0.1, 0.15) is 11.6 Å². The van der Waals surface area contributed by atoms with E-state index in [0.29, 0.717) is 16.9 Å². The minimum absolute atomic E-state index is 0.395. The van der Waals surface area contributed by atoms with Crippen LogP contribution in [0.3, 0.4) is 0 Å². The molecule has 0 aliphatic heterocycles. The Kier molecular flexibility index (Phi) is 3.74. The Morgan fingerprint density at radius 3 is 2.48 bits per heavy atom. The van der Waals surface area contributed by atoms with E-state index in [1.54, 1.807) is 18.2 Å². The zero-order valence-corrected chi connectivity index (χ0v) is 11.5. The maximum absolute atomic E-state index is 12.3. The number of halogens is 3. The first-order valence-electron chi connectivity index (χ1n) is 6.54. The molecular formula is C14H10BF3N2O3. The van der Waals surface area contributed by atoms with Gasteiger partial charge in [-0.05, 0) is 30.3 Å². The molecule has 3 N–H and O–H groups in total. The van der Waals surface area contributed by atoms with Gasteiger partial charge < -0.3 is 19.8 Å². The number of benzene rings is 2. The lowest BCUT2D eigenvalue weighted by molar-refractivity contribution is -0.274. The van der Waals surface area contributed by atoms with Crippen LogP contribution in [0.4, 0.5) is 13.2 Å². The number of nitrogens with zero attached hydrogens (tertiary/aromatic N) is 1. The van der Waals surface area contributed by atoms with E-state index in [0.717, 1.165) is 11.6 Å². The summed E-state index contributed by atoms with van der Waals surface area (Å²) in [6.07, 6.45) is -4.93. The van der Waals surface area contributed by atoms with Crippen molar-refractivity contribution in [2.45, 2.75) is 6.36 Å². The first-order chi connectivity index (χ1) is 10.8. The van der Waals surface area contributed by atoms with Crippen molar-refractivity contribution >= 4 is 23.6 Å². The molecule has 0 fully saturated rings. The Balaban J connectivity index is 2.05. The Morgan fingerprint density at radius 1 is 1.09 bits per heavy atom. The molecule has 23 heavy (non-hydrogen) atoms. The molecule has 9 heteroatoms. The Bertz CT molecular complexity index is 816. The van der Waals surface area contributed by atoms with Crippen molar-refractivity contribution in [3.05, 3.63) is 42.5 Å². The number of nitrogens with one attached hydrogen (secondary N) is 1. The highest BCUT2D eigenvalue weighted by Crippen LogP contribution is 2.25. The first kappa shape index (κ1) is 15.4. The van der Waals surface area contributed by atoms with Crippen LogP contribution in [0, 0.1) is 0 Å². The van der Waals surface area contributed by atoms with Crippen LogP contribution in [-0.4, -0.2) is 33.5 Å². The first-order valence-corrected chi connectivity index (χ1v) is 6.54. The summed E-state index contributed by atoms with van der Waals surface area (Å²) in [5.41, 5.74) is 1.44. The predicted octanol–water partition coefficient (Wildman–Crippen LogP) is 1.81. The number of imidazole rings is 1. The molecule has 0 amide bonds. The van der Waals surface area contributed by atoms with Crippen LogP contribution < -0.4 is 10.2 Å². The lowest BCUT2D eigenvalue weighted by atomic mass is 9.78. The fraction of sp³-hybridized carbons (Fsp3) is 0.0714. The average Bonchev–Trinajstić information content (AvgIpc) is 2.89. The van der Waals surface area contributed by atoms with Gasteiger partial charge in [-0.15, -0.1) is 13.2 Å². The van der Waals surface area contributed by atoms with Crippen LogP contribution in [0.15, 0.2) is 42.5 Å². The molecule has 0 aliphatic carbocycles. The molecule has 0 unspecified atom stereocenters. The number of H-pyrrole nitrogens is 1. The number of fused-ring (bicyclic) bond motifs is 1. The molecule has 5 nitrogen and oxygen atoms in total. The highest BCUT2D eigenvalue weighted by Gasteiger charge is 2.33. The maximum atomic E-state index is 12.3. The molecule has 0 saturated heterocycles. The van der Waals surface area contributed by atoms with Gasteiger partial charge in [0, 0.05) is 11.0 Å². The molecule has 2 aromatic carbocycles. The van der Waals surface area contributed by atoms with Crippen LogP contribution in [0.25, 0.3) is 22.4 Å². The largest absolute Gasteiger partial charge is 0.573 e. The summed E-state index contributed by atoms with van der Waals surface area (Å²) in [4.78, 5) is 7.31. The maximum Gasteiger partial charge on any atom is 0.573 e. The second-order valence-corrected chi connectivity index (χ2v) is 4.78. The summed E-state index contributed by atoms with van der Waals surface area (Å²) >= 11 is 0. The van der Waals surface area contributed by atoms with Crippen LogP contribution in [0.1, 0.15) is 0 Å². The summed E-state index contributed by atoms with van der Waals surface area (Å²) in [5, 5.41) is 18.6. The third kappa shape index (κ3) is 3.30. The van der Waals surface area contributed by atoms with Gasteiger partial charge in [-0.25, -0.2) is 4.98 Å². The molecule has 1 aromatic heterocycles. The van der Waals surface area contributed by atoms with Crippen molar-refractivity contribution in [2.75, 3.05) is 0 Å². The summed E-state index contributed by atoms with van der Waals surface area (Å²) in [7, 11) is -2.11. The lowest BCUT2D eigenvalue weighted by Gasteiger charge is -2.13. The zero-order chi connectivity index (χ0) is 16.6. The monoisotopic (exact) mass is 322 g/mol. The van der Waals surface area contributed by atoms with Crippen molar-refractivity contribution in [1.29, 1.82) is 0 Å². The van der Waals surface area contributed by atoms with Crippen molar-refractivity contribution in [3.8, 4) is 17.1 Å². The van der Waals surface area contributed by atoms with Crippen LogP contribution in [0.5, 0.6) is 5.75 Å². The number of hydrogen-bond donors (Lipinski definition) is 3. The molecular weight excluding hydrogens is 312 g/mol. The number of rotatable bonds is 3. The van der Waals surface area contributed by atoms with E-state index in [-0.39, 0.29) is 0 Å². The Labute approximate surface area is 128 Å². The van der Waals surface area contributed by atoms with Gasteiger partial charge in [0.2, 0.25) is 0 Å². The molecule has 0 spiro atoms. The third-order valence-corrected chi connectivity index (χ3v) is 3.18. The molecule has 0 radical (unpaired) electrons. The molecule has 118 valence electrons. The number of alkyl halides is 3. The molecule has 0 bridgehead atoms. The van der Waals surface area contributed by atoms with Crippen molar-refractivity contribution < 1.29 is 28.0 Å². The van der Waals surface area contributed by atoms with Crippen LogP contribution >= 0.6 is 0 Å². The van der Waals surface area contributed by atoms with Crippen molar-refractivity contribution in [1.82, 2.24) is 9.97 Å². The Morgan fingerprint density at radius 2 is 1.83 bits per heavy atom. The minimum Gasteiger partial charge on any atom is -0.423 e.